The average molecular weight is 226 g/mol. The number of benzene rings is 1. The van der Waals surface area contributed by atoms with Gasteiger partial charge in [0.15, 0.2) is 5.78 Å². The van der Waals surface area contributed by atoms with E-state index in [4.69, 9.17) is 5.26 Å². The second-order valence-electron chi connectivity index (χ2n) is 4.79. The number of fused-ring (bicyclic) bond motifs is 1. The molecule has 17 heavy (non-hydrogen) atoms. The van der Waals surface area contributed by atoms with Gasteiger partial charge >= 0.3 is 0 Å². The molecule has 3 rings (SSSR count). The van der Waals surface area contributed by atoms with Crippen LogP contribution in [-0.2, 0) is 6.42 Å². The first kappa shape index (κ1) is 10.3. The number of Topliss-reactive ketones (excluding diaryl/α,β-unsaturated/α-hetero) is 1. The summed E-state index contributed by atoms with van der Waals surface area (Å²) >= 11 is 0. The van der Waals surface area contributed by atoms with Crippen molar-refractivity contribution >= 4 is 11.5 Å². The van der Waals surface area contributed by atoms with Crippen LogP contribution >= 0.6 is 0 Å². The molecule has 0 amide bonds. The van der Waals surface area contributed by atoms with E-state index >= 15 is 0 Å². The van der Waals surface area contributed by atoms with Crippen LogP contribution in [0, 0.1) is 17.2 Å². The Morgan fingerprint density at radius 1 is 1.29 bits per heavy atom. The van der Waals surface area contributed by atoms with E-state index in [9.17, 15) is 4.79 Å². The number of hydrogen-bond acceptors (Lipinski definition) is 3. The van der Waals surface area contributed by atoms with Crippen LogP contribution in [0.25, 0.3) is 0 Å². The van der Waals surface area contributed by atoms with Crippen LogP contribution in [0.4, 0.5) is 5.69 Å². The molecule has 2 aliphatic rings. The Labute approximate surface area is 101 Å². The van der Waals surface area contributed by atoms with E-state index in [1.54, 1.807) is 0 Å². The second-order valence-corrected chi connectivity index (χ2v) is 4.79. The molecule has 1 aromatic carbocycles. The summed E-state index contributed by atoms with van der Waals surface area (Å²) in [6.07, 6.45) is 3.04. The summed E-state index contributed by atoms with van der Waals surface area (Å²) in [6.45, 7) is 2.16. The minimum Gasteiger partial charge on any atom is -0.372 e. The zero-order valence-corrected chi connectivity index (χ0v) is 9.65. The van der Waals surface area contributed by atoms with Gasteiger partial charge in [-0.05, 0) is 37.0 Å². The van der Waals surface area contributed by atoms with E-state index in [1.165, 1.54) is 12.8 Å². The van der Waals surface area contributed by atoms with Crippen molar-refractivity contribution in [1.82, 2.24) is 0 Å². The monoisotopic (exact) mass is 226 g/mol. The lowest BCUT2D eigenvalue weighted by molar-refractivity contribution is 0.0963. The molecule has 1 saturated heterocycles. The summed E-state index contributed by atoms with van der Waals surface area (Å²) < 4.78 is 0. The lowest BCUT2D eigenvalue weighted by Gasteiger charge is -2.18. The van der Waals surface area contributed by atoms with Crippen molar-refractivity contribution in [3.8, 4) is 6.07 Å². The quantitative estimate of drug-likeness (QED) is 0.737. The zero-order valence-electron chi connectivity index (χ0n) is 9.65. The van der Waals surface area contributed by atoms with E-state index in [2.05, 4.69) is 17.0 Å². The van der Waals surface area contributed by atoms with Gasteiger partial charge in [0, 0.05) is 24.3 Å². The van der Waals surface area contributed by atoms with Crippen LogP contribution in [0.2, 0.25) is 0 Å². The van der Waals surface area contributed by atoms with Crippen molar-refractivity contribution < 1.29 is 4.79 Å². The molecule has 1 aromatic rings. The van der Waals surface area contributed by atoms with E-state index in [-0.39, 0.29) is 5.78 Å². The predicted octanol–water partition coefficient (Wildman–Crippen LogP) is 2.17. The summed E-state index contributed by atoms with van der Waals surface area (Å²) in [5, 5.41) is 8.91. The van der Waals surface area contributed by atoms with Gasteiger partial charge in [-0.3, -0.25) is 4.79 Å². The first-order valence-electron chi connectivity index (χ1n) is 6.11. The number of rotatable bonds is 1. The third kappa shape index (κ3) is 1.61. The van der Waals surface area contributed by atoms with Gasteiger partial charge in [0.05, 0.1) is 6.07 Å². The fourth-order valence-electron chi connectivity index (χ4n) is 2.75. The molecule has 0 spiro atoms. The van der Waals surface area contributed by atoms with Crippen molar-refractivity contribution in [2.24, 2.45) is 5.92 Å². The topological polar surface area (TPSA) is 44.1 Å². The third-order valence-electron chi connectivity index (χ3n) is 3.73. The van der Waals surface area contributed by atoms with Crippen LogP contribution in [0.15, 0.2) is 18.2 Å². The lowest BCUT2D eigenvalue weighted by Crippen LogP contribution is -2.17. The lowest BCUT2D eigenvalue weighted by atomic mass is 10.1. The van der Waals surface area contributed by atoms with Crippen LogP contribution in [0.3, 0.4) is 0 Å². The Bertz CT molecular complexity index is 509. The normalized spacial score (nSPS) is 22.6. The molecule has 3 heteroatoms. The van der Waals surface area contributed by atoms with E-state index in [1.807, 2.05) is 12.1 Å². The minimum atomic E-state index is -0.459. The molecule has 0 saturated carbocycles. The molecule has 0 aromatic heterocycles. The van der Waals surface area contributed by atoms with Gasteiger partial charge < -0.3 is 4.90 Å². The highest BCUT2D eigenvalue weighted by molar-refractivity contribution is 6.04. The molecular formula is C14H14N2O. The maximum absolute atomic E-state index is 12.0. The van der Waals surface area contributed by atoms with Gasteiger partial charge in [0.25, 0.3) is 0 Å². The SMILES string of the molecule is N#CC1Cc2ccc(N3CCCC3)cc2C1=O. The van der Waals surface area contributed by atoms with E-state index < -0.39 is 5.92 Å². The van der Waals surface area contributed by atoms with Gasteiger partial charge in [0.2, 0.25) is 0 Å². The molecule has 0 bridgehead atoms. The van der Waals surface area contributed by atoms with Gasteiger partial charge in [-0.25, -0.2) is 0 Å². The molecule has 1 unspecified atom stereocenters. The summed E-state index contributed by atoms with van der Waals surface area (Å²) in [6, 6.07) is 8.15. The first-order valence-corrected chi connectivity index (χ1v) is 6.11. The predicted molar refractivity (Wildman–Crippen MR) is 65.0 cm³/mol. The molecule has 1 heterocycles. The molecule has 1 aliphatic heterocycles. The second kappa shape index (κ2) is 3.89. The summed E-state index contributed by atoms with van der Waals surface area (Å²) in [5.41, 5.74) is 2.93. The smallest absolute Gasteiger partial charge is 0.180 e. The van der Waals surface area contributed by atoms with Gasteiger partial charge in [-0.15, -0.1) is 0 Å². The van der Waals surface area contributed by atoms with Crippen molar-refractivity contribution in [2.75, 3.05) is 18.0 Å². The van der Waals surface area contributed by atoms with Gasteiger partial charge in [0.1, 0.15) is 5.92 Å². The maximum Gasteiger partial charge on any atom is 0.180 e. The van der Waals surface area contributed by atoms with Crippen molar-refractivity contribution in [3.63, 3.8) is 0 Å². The fraction of sp³-hybridized carbons (Fsp3) is 0.429. The Kier molecular flexibility index (Phi) is 2.36. The van der Waals surface area contributed by atoms with Crippen LogP contribution in [0.5, 0.6) is 0 Å². The molecular weight excluding hydrogens is 212 g/mol. The summed E-state index contributed by atoms with van der Waals surface area (Å²) in [7, 11) is 0. The number of carbonyl (C=O) groups excluding carboxylic acids is 1. The molecule has 3 nitrogen and oxygen atoms in total. The van der Waals surface area contributed by atoms with Gasteiger partial charge in [-0.1, -0.05) is 6.07 Å². The summed E-state index contributed by atoms with van der Waals surface area (Å²) in [5.74, 6) is -0.456. The van der Waals surface area contributed by atoms with Crippen molar-refractivity contribution in [2.45, 2.75) is 19.3 Å². The largest absolute Gasteiger partial charge is 0.372 e. The highest BCUT2D eigenvalue weighted by Crippen LogP contribution is 2.31. The molecule has 1 atom stereocenters. The molecule has 86 valence electrons. The Morgan fingerprint density at radius 2 is 2.06 bits per heavy atom. The number of anilines is 1. The van der Waals surface area contributed by atoms with E-state index in [0.717, 1.165) is 29.9 Å². The number of nitriles is 1. The van der Waals surface area contributed by atoms with E-state index in [0.29, 0.717) is 6.42 Å². The number of carbonyl (C=O) groups is 1. The summed E-state index contributed by atoms with van der Waals surface area (Å²) in [4.78, 5) is 14.3. The number of nitrogens with zero attached hydrogens (tertiary/aromatic N) is 2. The standard InChI is InChI=1S/C14H14N2O/c15-9-11-7-10-3-4-12(8-13(10)14(11)17)16-5-1-2-6-16/h3-4,8,11H,1-2,5-7H2. The highest BCUT2D eigenvalue weighted by Gasteiger charge is 2.31. The molecule has 0 N–H and O–H groups in total. The average Bonchev–Trinajstić information content (AvgIpc) is 2.97. The zero-order chi connectivity index (χ0) is 11.8. The van der Waals surface area contributed by atoms with Crippen LogP contribution in [0.1, 0.15) is 28.8 Å². The molecule has 1 fully saturated rings. The Morgan fingerprint density at radius 3 is 2.76 bits per heavy atom. The van der Waals surface area contributed by atoms with Crippen LogP contribution in [-0.4, -0.2) is 18.9 Å². The van der Waals surface area contributed by atoms with Crippen molar-refractivity contribution in [3.05, 3.63) is 29.3 Å². The molecule has 0 radical (unpaired) electrons. The minimum absolute atomic E-state index is 0.00328. The highest BCUT2D eigenvalue weighted by atomic mass is 16.1. The first-order chi connectivity index (χ1) is 8.29. The third-order valence-corrected chi connectivity index (χ3v) is 3.73. The van der Waals surface area contributed by atoms with Crippen molar-refractivity contribution in [1.29, 1.82) is 5.26 Å². The van der Waals surface area contributed by atoms with Gasteiger partial charge in [-0.2, -0.15) is 5.26 Å². The molecule has 1 aliphatic carbocycles. The Hall–Kier alpha value is -1.82. The maximum atomic E-state index is 12.0. The Balaban J connectivity index is 1.96. The fourth-order valence-corrected chi connectivity index (χ4v) is 2.75. The van der Waals surface area contributed by atoms with Crippen LogP contribution < -0.4 is 4.90 Å². The number of ketones is 1. The number of hydrogen-bond donors (Lipinski definition) is 0.